The molecule has 2 heterocycles. The molecule has 3 unspecified atom stereocenters. The molecule has 0 spiro atoms. The van der Waals surface area contributed by atoms with Crippen LogP contribution in [0.2, 0.25) is 0 Å². The van der Waals surface area contributed by atoms with Crippen molar-refractivity contribution in [1.82, 2.24) is 20.4 Å². The second kappa shape index (κ2) is 8.94. The second-order valence-corrected chi connectivity index (χ2v) is 6.98. The molecular weight excluding hydrogens is 362 g/mol. The molecule has 1 aliphatic rings. The Morgan fingerprint density at radius 1 is 1.39 bits per heavy atom. The van der Waals surface area contributed by atoms with Gasteiger partial charge in [-0.05, 0) is 25.3 Å². The molecule has 4 atom stereocenters. The van der Waals surface area contributed by atoms with Gasteiger partial charge in [0.05, 0.1) is 12.1 Å². The standard InChI is InChI=1S/C19H25N5O4/c1-12(26)16(20)18-23-22-17(28-18)15(10-13-6-3-2-4-7-13)21-19(27)24-9-5-8-14(24)11-25/h2-4,6-7,11-12,14-16,26H,5,8-10,20H2,1H3,(H,21,27)/t12?,14?,15-,16?/m0/s1. The van der Waals surface area contributed by atoms with Crippen molar-refractivity contribution < 1.29 is 19.1 Å². The monoisotopic (exact) mass is 387 g/mol. The van der Waals surface area contributed by atoms with Gasteiger partial charge in [0.15, 0.2) is 0 Å². The van der Waals surface area contributed by atoms with Crippen LogP contribution in [0.4, 0.5) is 4.79 Å². The van der Waals surface area contributed by atoms with E-state index in [-0.39, 0.29) is 17.8 Å². The van der Waals surface area contributed by atoms with Gasteiger partial charge in [0, 0.05) is 13.0 Å². The average Bonchev–Trinajstić information content (AvgIpc) is 3.37. The van der Waals surface area contributed by atoms with Gasteiger partial charge in [0.25, 0.3) is 0 Å². The maximum atomic E-state index is 12.7. The Morgan fingerprint density at radius 2 is 2.11 bits per heavy atom. The molecule has 1 aromatic heterocycles. The van der Waals surface area contributed by atoms with E-state index in [4.69, 9.17) is 10.2 Å². The summed E-state index contributed by atoms with van der Waals surface area (Å²) in [6.45, 7) is 2.06. The van der Waals surface area contributed by atoms with E-state index in [0.717, 1.165) is 18.3 Å². The number of hydrogen-bond donors (Lipinski definition) is 3. The molecule has 2 aromatic rings. The van der Waals surface area contributed by atoms with Crippen LogP contribution in [0.5, 0.6) is 0 Å². The molecule has 1 aliphatic heterocycles. The van der Waals surface area contributed by atoms with Crippen molar-refractivity contribution in [2.75, 3.05) is 6.54 Å². The molecule has 4 N–H and O–H groups in total. The number of benzene rings is 1. The fourth-order valence-electron chi connectivity index (χ4n) is 3.20. The van der Waals surface area contributed by atoms with E-state index in [2.05, 4.69) is 15.5 Å². The minimum absolute atomic E-state index is 0.101. The molecule has 9 nitrogen and oxygen atoms in total. The summed E-state index contributed by atoms with van der Waals surface area (Å²) < 4.78 is 5.65. The predicted octanol–water partition coefficient (Wildman–Crippen LogP) is 1.11. The molecule has 1 aromatic carbocycles. The predicted molar refractivity (Wildman–Crippen MR) is 100 cm³/mol. The molecule has 28 heavy (non-hydrogen) atoms. The van der Waals surface area contributed by atoms with Gasteiger partial charge >= 0.3 is 6.03 Å². The largest absolute Gasteiger partial charge is 0.421 e. The summed E-state index contributed by atoms with van der Waals surface area (Å²) in [4.78, 5) is 25.5. The summed E-state index contributed by atoms with van der Waals surface area (Å²) in [7, 11) is 0. The highest BCUT2D eigenvalue weighted by atomic mass is 16.4. The first-order chi connectivity index (χ1) is 13.5. The van der Waals surface area contributed by atoms with E-state index in [1.807, 2.05) is 30.3 Å². The van der Waals surface area contributed by atoms with E-state index >= 15 is 0 Å². The fourth-order valence-corrected chi connectivity index (χ4v) is 3.20. The van der Waals surface area contributed by atoms with Gasteiger partial charge in [-0.15, -0.1) is 10.2 Å². The Labute approximate surface area is 162 Å². The second-order valence-electron chi connectivity index (χ2n) is 6.98. The van der Waals surface area contributed by atoms with E-state index in [0.29, 0.717) is 19.4 Å². The minimum Gasteiger partial charge on any atom is -0.421 e. The van der Waals surface area contributed by atoms with Gasteiger partial charge in [-0.25, -0.2) is 4.79 Å². The number of aliphatic hydroxyl groups is 1. The third kappa shape index (κ3) is 4.55. The number of urea groups is 1. The number of amides is 2. The zero-order valence-electron chi connectivity index (χ0n) is 15.7. The van der Waals surface area contributed by atoms with Crippen LogP contribution in [0.15, 0.2) is 34.7 Å². The molecule has 0 aliphatic carbocycles. The van der Waals surface area contributed by atoms with Crippen LogP contribution in [-0.2, 0) is 11.2 Å². The third-order valence-electron chi connectivity index (χ3n) is 4.86. The van der Waals surface area contributed by atoms with Gasteiger partial charge in [-0.2, -0.15) is 0 Å². The van der Waals surface area contributed by atoms with Crippen LogP contribution >= 0.6 is 0 Å². The average molecular weight is 387 g/mol. The molecular formula is C19H25N5O4. The van der Waals surface area contributed by atoms with Crippen molar-refractivity contribution in [3.05, 3.63) is 47.7 Å². The molecule has 9 heteroatoms. The highest BCUT2D eigenvalue weighted by Crippen LogP contribution is 2.22. The quantitative estimate of drug-likeness (QED) is 0.606. The molecule has 0 radical (unpaired) electrons. The molecule has 0 saturated carbocycles. The van der Waals surface area contributed by atoms with Gasteiger partial charge in [-0.3, -0.25) is 0 Å². The number of carbonyl (C=O) groups is 2. The summed E-state index contributed by atoms with van der Waals surface area (Å²) in [5.41, 5.74) is 6.83. The summed E-state index contributed by atoms with van der Waals surface area (Å²) >= 11 is 0. The van der Waals surface area contributed by atoms with E-state index in [1.54, 1.807) is 0 Å². The van der Waals surface area contributed by atoms with Gasteiger partial charge in [0.1, 0.15) is 18.4 Å². The van der Waals surface area contributed by atoms with Crippen LogP contribution in [0.3, 0.4) is 0 Å². The first kappa shape index (κ1) is 20.0. The summed E-state index contributed by atoms with van der Waals surface area (Å²) in [6.07, 6.45) is 1.82. The van der Waals surface area contributed by atoms with Crippen molar-refractivity contribution >= 4 is 12.3 Å². The zero-order chi connectivity index (χ0) is 20.1. The van der Waals surface area contributed by atoms with Crippen molar-refractivity contribution in [2.24, 2.45) is 5.73 Å². The number of nitrogens with two attached hydrogens (primary N) is 1. The van der Waals surface area contributed by atoms with Crippen molar-refractivity contribution in [3.63, 3.8) is 0 Å². The smallest absolute Gasteiger partial charge is 0.318 e. The number of carbonyl (C=O) groups excluding carboxylic acids is 2. The summed E-state index contributed by atoms with van der Waals surface area (Å²) in [6, 6.07) is 7.40. The first-order valence-corrected chi connectivity index (χ1v) is 9.33. The SMILES string of the molecule is CC(O)C(N)c1nnc([C@H](Cc2ccccc2)NC(=O)N2CCCC2C=O)o1. The normalized spacial score (nSPS) is 19.8. The molecule has 3 rings (SSSR count). The molecule has 0 bridgehead atoms. The third-order valence-corrected chi connectivity index (χ3v) is 4.86. The number of nitrogens with one attached hydrogen (secondary N) is 1. The molecule has 1 fully saturated rings. The van der Waals surface area contributed by atoms with E-state index in [1.165, 1.54) is 11.8 Å². The summed E-state index contributed by atoms with van der Waals surface area (Å²) in [5, 5.41) is 20.5. The lowest BCUT2D eigenvalue weighted by molar-refractivity contribution is -0.110. The maximum Gasteiger partial charge on any atom is 0.318 e. The number of likely N-dealkylation sites (tertiary alicyclic amines) is 1. The number of aliphatic hydroxyl groups excluding tert-OH is 1. The maximum absolute atomic E-state index is 12.7. The van der Waals surface area contributed by atoms with Crippen LogP contribution in [0.1, 0.15) is 49.2 Å². The van der Waals surface area contributed by atoms with Crippen LogP contribution in [0.25, 0.3) is 0 Å². The minimum atomic E-state index is -0.853. The highest BCUT2D eigenvalue weighted by molar-refractivity contribution is 5.79. The van der Waals surface area contributed by atoms with Crippen molar-refractivity contribution in [2.45, 2.75) is 50.4 Å². The van der Waals surface area contributed by atoms with Gasteiger partial charge < -0.3 is 30.3 Å². The Kier molecular flexibility index (Phi) is 6.37. The lowest BCUT2D eigenvalue weighted by atomic mass is 10.1. The lowest BCUT2D eigenvalue weighted by Crippen LogP contribution is -2.45. The van der Waals surface area contributed by atoms with Crippen LogP contribution in [-0.4, -0.2) is 51.2 Å². The Morgan fingerprint density at radius 3 is 2.79 bits per heavy atom. The van der Waals surface area contributed by atoms with Gasteiger partial charge in [-0.1, -0.05) is 30.3 Å². The Balaban J connectivity index is 1.81. The Bertz CT molecular complexity index is 795. The van der Waals surface area contributed by atoms with Crippen LogP contribution < -0.4 is 11.1 Å². The number of rotatable bonds is 7. The first-order valence-electron chi connectivity index (χ1n) is 9.33. The number of aromatic nitrogens is 2. The molecule has 2 amide bonds. The fraction of sp³-hybridized carbons (Fsp3) is 0.474. The van der Waals surface area contributed by atoms with E-state index in [9.17, 15) is 14.7 Å². The van der Waals surface area contributed by atoms with E-state index < -0.39 is 24.2 Å². The lowest BCUT2D eigenvalue weighted by Gasteiger charge is -2.24. The number of hydrogen-bond acceptors (Lipinski definition) is 7. The molecule has 150 valence electrons. The highest BCUT2D eigenvalue weighted by Gasteiger charge is 2.31. The number of nitrogens with zero attached hydrogens (tertiary/aromatic N) is 3. The zero-order valence-corrected chi connectivity index (χ0v) is 15.7. The topological polar surface area (TPSA) is 135 Å². The Hall–Kier alpha value is -2.78. The van der Waals surface area contributed by atoms with Crippen molar-refractivity contribution in [1.29, 1.82) is 0 Å². The summed E-state index contributed by atoms with van der Waals surface area (Å²) in [5.74, 6) is 0.300. The number of aldehydes is 1. The molecule has 1 saturated heterocycles. The van der Waals surface area contributed by atoms with Crippen molar-refractivity contribution in [3.8, 4) is 0 Å². The van der Waals surface area contributed by atoms with Crippen LogP contribution in [0, 0.1) is 0 Å². The van der Waals surface area contributed by atoms with Gasteiger partial charge in [0.2, 0.25) is 11.8 Å².